The second-order valence-corrected chi connectivity index (χ2v) is 8.93. The van der Waals surface area contributed by atoms with Crippen LogP contribution in [0.5, 0.6) is 0 Å². The molecule has 0 fully saturated rings. The molecule has 0 saturated carbocycles. The standard InChI is InChI=1S/C22H20N6O4S/c1-11-5-3-4-6-13(11)10-28-16-17(27(2)21(32)26-18(16)29)25-22(28)33-20-23-14-8-7-12(19(30)31)9-15(14)24-20/h3-9,11,13H,10H2,1-2H3,(H,23,24)(H,30,31)(H,26,29,32). The molecule has 0 radical (unpaired) electrons. The SMILES string of the molecule is CC1C=CC=CC1Cn1c(Sc2nc3ccc(C(=O)O)cc3[nH]2)nc2c1c(=O)[nH]c(=O)n2C. The van der Waals surface area contributed by atoms with Crippen LogP contribution >= 0.6 is 11.8 Å². The van der Waals surface area contributed by atoms with Crippen LogP contribution in [0.3, 0.4) is 0 Å². The number of hydrogen-bond donors (Lipinski definition) is 3. The predicted molar refractivity (Wildman–Crippen MR) is 124 cm³/mol. The number of carboxylic acids is 1. The lowest BCUT2D eigenvalue weighted by Gasteiger charge is -2.21. The molecule has 2 unspecified atom stereocenters. The lowest BCUT2D eigenvalue weighted by Crippen LogP contribution is -2.29. The molecule has 0 spiro atoms. The van der Waals surface area contributed by atoms with Crippen molar-refractivity contribution in [1.29, 1.82) is 0 Å². The van der Waals surface area contributed by atoms with Gasteiger partial charge in [-0.25, -0.2) is 19.6 Å². The fourth-order valence-corrected chi connectivity index (χ4v) is 4.80. The summed E-state index contributed by atoms with van der Waals surface area (Å²) in [5.41, 5.74) is 0.933. The summed E-state index contributed by atoms with van der Waals surface area (Å²) >= 11 is 1.22. The first kappa shape index (κ1) is 21.0. The van der Waals surface area contributed by atoms with Crippen molar-refractivity contribution < 1.29 is 9.90 Å². The summed E-state index contributed by atoms with van der Waals surface area (Å²) in [6.45, 7) is 2.60. The number of benzene rings is 1. The number of aromatic amines is 2. The quantitative estimate of drug-likeness (QED) is 0.412. The summed E-state index contributed by atoms with van der Waals surface area (Å²) in [4.78, 5) is 50.8. The van der Waals surface area contributed by atoms with Crippen molar-refractivity contribution in [2.24, 2.45) is 18.9 Å². The highest BCUT2D eigenvalue weighted by atomic mass is 32.2. The Bertz CT molecular complexity index is 1590. The third-order valence-corrected chi connectivity index (χ3v) is 6.70. The maximum atomic E-state index is 12.8. The highest BCUT2D eigenvalue weighted by Crippen LogP contribution is 2.31. The van der Waals surface area contributed by atoms with Crippen molar-refractivity contribution in [3.05, 3.63) is 68.9 Å². The van der Waals surface area contributed by atoms with Crippen molar-refractivity contribution in [2.45, 2.75) is 23.8 Å². The van der Waals surface area contributed by atoms with E-state index in [2.05, 4.69) is 39.0 Å². The van der Waals surface area contributed by atoms with Gasteiger partial charge in [0.25, 0.3) is 5.56 Å². The number of carboxylic acid groups (broad SMARTS) is 1. The second-order valence-electron chi connectivity index (χ2n) is 7.97. The highest BCUT2D eigenvalue weighted by molar-refractivity contribution is 7.99. The highest BCUT2D eigenvalue weighted by Gasteiger charge is 2.23. The van der Waals surface area contributed by atoms with Gasteiger partial charge in [0.2, 0.25) is 0 Å². The molecule has 33 heavy (non-hydrogen) atoms. The van der Waals surface area contributed by atoms with Crippen molar-refractivity contribution in [3.63, 3.8) is 0 Å². The van der Waals surface area contributed by atoms with Gasteiger partial charge in [-0.3, -0.25) is 14.3 Å². The number of allylic oxidation sites excluding steroid dienone is 4. The molecule has 11 heteroatoms. The van der Waals surface area contributed by atoms with E-state index in [1.165, 1.54) is 28.5 Å². The van der Waals surface area contributed by atoms with E-state index in [0.29, 0.717) is 39.1 Å². The molecule has 0 bridgehead atoms. The number of fused-ring (bicyclic) bond motifs is 2. The number of nitrogens with one attached hydrogen (secondary N) is 2. The average molecular weight is 465 g/mol. The van der Waals surface area contributed by atoms with E-state index in [1.54, 1.807) is 13.1 Å². The van der Waals surface area contributed by atoms with Crippen LogP contribution in [0.1, 0.15) is 17.3 Å². The van der Waals surface area contributed by atoms with Crippen molar-refractivity contribution in [1.82, 2.24) is 29.1 Å². The van der Waals surface area contributed by atoms with Crippen LogP contribution in [0.2, 0.25) is 0 Å². The molecule has 1 aliphatic carbocycles. The van der Waals surface area contributed by atoms with Gasteiger partial charge in [-0.2, -0.15) is 0 Å². The molecule has 3 heterocycles. The second kappa shape index (κ2) is 7.93. The number of carbonyl (C=O) groups is 1. The fourth-order valence-electron chi connectivity index (χ4n) is 3.92. The lowest BCUT2D eigenvalue weighted by atomic mass is 9.90. The van der Waals surface area contributed by atoms with E-state index in [0.717, 1.165) is 0 Å². The molecule has 4 aromatic rings. The number of hydrogen-bond acceptors (Lipinski definition) is 6. The lowest BCUT2D eigenvalue weighted by molar-refractivity contribution is 0.0697. The van der Waals surface area contributed by atoms with Crippen LogP contribution in [0.4, 0.5) is 0 Å². The topological polar surface area (TPSA) is 139 Å². The zero-order chi connectivity index (χ0) is 23.3. The molecule has 168 valence electrons. The number of aryl methyl sites for hydroxylation is 1. The van der Waals surface area contributed by atoms with Gasteiger partial charge in [-0.15, -0.1) is 0 Å². The fraction of sp³-hybridized carbons (Fsp3) is 0.227. The minimum absolute atomic E-state index is 0.136. The molecule has 5 rings (SSSR count). The largest absolute Gasteiger partial charge is 0.478 e. The third kappa shape index (κ3) is 3.69. The van der Waals surface area contributed by atoms with Crippen LogP contribution < -0.4 is 11.2 Å². The number of aromatic nitrogens is 6. The van der Waals surface area contributed by atoms with Gasteiger partial charge in [0.05, 0.1) is 16.6 Å². The Labute approximate surface area is 190 Å². The monoisotopic (exact) mass is 464 g/mol. The molecule has 0 amide bonds. The van der Waals surface area contributed by atoms with Gasteiger partial charge in [0.15, 0.2) is 21.5 Å². The molecule has 2 atom stereocenters. The van der Waals surface area contributed by atoms with E-state index in [9.17, 15) is 19.5 Å². The van der Waals surface area contributed by atoms with Crippen LogP contribution in [0.25, 0.3) is 22.2 Å². The minimum Gasteiger partial charge on any atom is -0.478 e. The van der Waals surface area contributed by atoms with E-state index < -0.39 is 17.2 Å². The van der Waals surface area contributed by atoms with Gasteiger partial charge >= 0.3 is 11.7 Å². The Morgan fingerprint density at radius 1 is 1.18 bits per heavy atom. The van der Waals surface area contributed by atoms with Crippen molar-refractivity contribution in [3.8, 4) is 0 Å². The molecule has 0 aliphatic heterocycles. The number of nitrogens with zero attached hydrogens (tertiary/aromatic N) is 4. The maximum Gasteiger partial charge on any atom is 0.335 e. The zero-order valence-corrected chi connectivity index (χ0v) is 18.6. The van der Waals surface area contributed by atoms with E-state index in [4.69, 9.17) is 0 Å². The summed E-state index contributed by atoms with van der Waals surface area (Å²) < 4.78 is 3.13. The van der Waals surface area contributed by atoms with Crippen LogP contribution in [-0.2, 0) is 13.6 Å². The molecular formula is C22H20N6O4S. The number of imidazole rings is 2. The zero-order valence-electron chi connectivity index (χ0n) is 17.8. The summed E-state index contributed by atoms with van der Waals surface area (Å²) in [6, 6.07) is 4.65. The summed E-state index contributed by atoms with van der Waals surface area (Å²) in [6.07, 6.45) is 8.18. The van der Waals surface area contributed by atoms with Crippen molar-refractivity contribution >= 4 is 39.9 Å². The van der Waals surface area contributed by atoms with E-state index in [-0.39, 0.29) is 17.4 Å². The van der Waals surface area contributed by atoms with Crippen LogP contribution in [0, 0.1) is 11.8 Å². The molecular weight excluding hydrogens is 444 g/mol. The summed E-state index contributed by atoms with van der Waals surface area (Å²) in [5.74, 6) is -0.624. The van der Waals surface area contributed by atoms with E-state index in [1.807, 2.05) is 16.7 Å². The molecule has 3 aromatic heterocycles. The molecule has 1 aromatic carbocycles. The molecule has 0 saturated heterocycles. The normalized spacial score (nSPS) is 17.9. The number of H-pyrrole nitrogens is 2. The van der Waals surface area contributed by atoms with E-state index >= 15 is 0 Å². The predicted octanol–water partition coefficient (Wildman–Crippen LogP) is 2.53. The first-order chi connectivity index (χ1) is 15.8. The Balaban J connectivity index is 1.62. The van der Waals surface area contributed by atoms with Gasteiger partial charge in [0, 0.05) is 19.5 Å². The van der Waals surface area contributed by atoms with Gasteiger partial charge in [-0.1, -0.05) is 31.2 Å². The first-order valence-corrected chi connectivity index (χ1v) is 11.1. The van der Waals surface area contributed by atoms with Gasteiger partial charge in [-0.05, 0) is 35.9 Å². The van der Waals surface area contributed by atoms with Crippen LogP contribution in [-0.4, -0.2) is 40.1 Å². The summed E-state index contributed by atoms with van der Waals surface area (Å²) in [7, 11) is 1.56. The van der Waals surface area contributed by atoms with Gasteiger partial charge < -0.3 is 14.7 Å². The first-order valence-electron chi connectivity index (χ1n) is 10.3. The Kier molecular flexibility index (Phi) is 5.05. The Hall–Kier alpha value is -3.86. The molecule has 10 nitrogen and oxygen atoms in total. The Morgan fingerprint density at radius 3 is 2.73 bits per heavy atom. The Morgan fingerprint density at radius 2 is 1.97 bits per heavy atom. The van der Waals surface area contributed by atoms with Crippen LogP contribution in [0.15, 0.2) is 62.4 Å². The number of rotatable bonds is 5. The minimum atomic E-state index is -1.02. The summed E-state index contributed by atoms with van der Waals surface area (Å²) in [5, 5.41) is 10.2. The van der Waals surface area contributed by atoms with Gasteiger partial charge in [0.1, 0.15) is 0 Å². The smallest absolute Gasteiger partial charge is 0.335 e. The number of aromatic carboxylic acids is 1. The molecule has 1 aliphatic rings. The maximum absolute atomic E-state index is 12.8. The average Bonchev–Trinajstić information content (AvgIpc) is 3.34. The van der Waals surface area contributed by atoms with Crippen molar-refractivity contribution in [2.75, 3.05) is 0 Å². The third-order valence-electron chi connectivity index (χ3n) is 5.82. The molecule has 3 N–H and O–H groups in total.